The van der Waals surface area contributed by atoms with Crippen molar-refractivity contribution in [1.82, 2.24) is 0 Å². The van der Waals surface area contributed by atoms with Crippen molar-refractivity contribution >= 4 is 39.7 Å². The number of carbonyl (C=O) groups is 1. The molecule has 0 aromatic heterocycles. The van der Waals surface area contributed by atoms with E-state index in [0.717, 1.165) is 22.1 Å². The predicted molar refractivity (Wildman–Crippen MR) is 77.1 cm³/mol. The Labute approximate surface area is 115 Å². The third kappa shape index (κ3) is 2.03. The van der Waals surface area contributed by atoms with Gasteiger partial charge < -0.3 is 15.7 Å². The number of aliphatic hydroxyl groups is 1. The van der Waals surface area contributed by atoms with E-state index in [2.05, 4.69) is 10.6 Å². The van der Waals surface area contributed by atoms with Crippen LogP contribution in [0.25, 0.3) is 10.8 Å². The molecular weight excluding hydrogens is 264 g/mol. The highest BCUT2D eigenvalue weighted by atomic mass is 35.5. The Kier molecular flexibility index (Phi) is 3.05. The molecule has 5 heteroatoms. The van der Waals surface area contributed by atoms with Crippen LogP contribution >= 0.6 is 11.6 Å². The summed E-state index contributed by atoms with van der Waals surface area (Å²) >= 11 is 5.57. The van der Waals surface area contributed by atoms with E-state index >= 15 is 0 Å². The zero-order chi connectivity index (χ0) is 13.4. The highest BCUT2D eigenvalue weighted by Gasteiger charge is 2.22. The van der Waals surface area contributed by atoms with Gasteiger partial charge in [0.05, 0.1) is 12.0 Å². The Morgan fingerprint density at radius 3 is 2.95 bits per heavy atom. The molecule has 1 aliphatic rings. The first kappa shape index (κ1) is 12.3. The van der Waals surface area contributed by atoms with Crippen LogP contribution in [0.1, 0.15) is 10.4 Å². The number of hydrogen-bond donors (Lipinski definition) is 3. The van der Waals surface area contributed by atoms with Crippen LogP contribution in [0.15, 0.2) is 30.3 Å². The molecule has 0 spiro atoms. The SMILES string of the molecule is O=C1Nc2ccc(NCC(O)CCl)c3cccc1c23. The van der Waals surface area contributed by atoms with Crippen LogP contribution in [0.3, 0.4) is 0 Å². The number of nitrogens with one attached hydrogen (secondary N) is 2. The van der Waals surface area contributed by atoms with E-state index in [1.54, 1.807) is 0 Å². The molecule has 1 amide bonds. The minimum Gasteiger partial charge on any atom is -0.390 e. The van der Waals surface area contributed by atoms with E-state index in [0.29, 0.717) is 12.1 Å². The van der Waals surface area contributed by atoms with Crippen molar-refractivity contribution in [2.45, 2.75) is 6.10 Å². The van der Waals surface area contributed by atoms with Gasteiger partial charge in [0.15, 0.2) is 0 Å². The topological polar surface area (TPSA) is 61.4 Å². The molecule has 0 fully saturated rings. The van der Waals surface area contributed by atoms with Gasteiger partial charge in [0, 0.05) is 34.3 Å². The van der Waals surface area contributed by atoms with Gasteiger partial charge in [-0.05, 0) is 18.2 Å². The standard InChI is InChI=1S/C14H13ClN2O2/c15-6-8(18)7-16-11-4-5-12-13-9(11)2-1-3-10(13)14(19)17-12/h1-5,8,16,18H,6-7H2,(H,17,19). The van der Waals surface area contributed by atoms with E-state index in [4.69, 9.17) is 11.6 Å². The van der Waals surface area contributed by atoms with Gasteiger partial charge in [-0.2, -0.15) is 0 Å². The van der Waals surface area contributed by atoms with Gasteiger partial charge in [0.25, 0.3) is 5.91 Å². The molecule has 0 saturated heterocycles. The van der Waals surface area contributed by atoms with E-state index in [1.807, 2.05) is 30.3 Å². The highest BCUT2D eigenvalue weighted by molar-refractivity contribution is 6.25. The Morgan fingerprint density at radius 2 is 2.16 bits per heavy atom. The average molecular weight is 277 g/mol. The summed E-state index contributed by atoms with van der Waals surface area (Å²) in [5.74, 6) is 0.118. The molecule has 1 atom stereocenters. The summed E-state index contributed by atoms with van der Waals surface area (Å²) in [4.78, 5) is 11.8. The van der Waals surface area contributed by atoms with Crippen molar-refractivity contribution in [2.75, 3.05) is 23.1 Å². The zero-order valence-electron chi connectivity index (χ0n) is 10.1. The molecule has 1 aliphatic heterocycles. The molecule has 1 unspecified atom stereocenters. The summed E-state index contributed by atoms with van der Waals surface area (Å²) in [7, 11) is 0. The maximum absolute atomic E-state index is 11.8. The largest absolute Gasteiger partial charge is 0.390 e. The number of aliphatic hydroxyl groups excluding tert-OH is 1. The first-order chi connectivity index (χ1) is 9.20. The summed E-state index contributed by atoms with van der Waals surface area (Å²) in [5.41, 5.74) is 2.41. The van der Waals surface area contributed by atoms with Crippen molar-refractivity contribution in [3.05, 3.63) is 35.9 Å². The number of amides is 1. The van der Waals surface area contributed by atoms with E-state index in [9.17, 15) is 9.90 Å². The molecule has 19 heavy (non-hydrogen) atoms. The zero-order valence-corrected chi connectivity index (χ0v) is 10.9. The summed E-state index contributed by atoms with van der Waals surface area (Å²) in [6, 6.07) is 9.39. The number of rotatable bonds is 4. The fourth-order valence-electron chi connectivity index (χ4n) is 2.33. The second-order valence-electron chi connectivity index (χ2n) is 4.53. The van der Waals surface area contributed by atoms with Crippen LogP contribution in [0, 0.1) is 0 Å². The van der Waals surface area contributed by atoms with E-state index < -0.39 is 6.10 Å². The van der Waals surface area contributed by atoms with E-state index in [-0.39, 0.29) is 11.8 Å². The number of benzene rings is 2. The number of alkyl halides is 1. The highest BCUT2D eigenvalue weighted by Crippen LogP contribution is 2.36. The molecule has 0 radical (unpaired) electrons. The number of anilines is 2. The van der Waals surface area contributed by atoms with Crippen LogP contribution in [-0.2, 0) is 0 Å². The second kappa shape index (κ2) is 4.72. The minimum atomic E-state index is -0.593. The molecule has 0 aliphatic carbocycles. The lowest BCUT2D eigenvalue weighted by molar-refractivity contribution is 0.103. The predicted octanol–water partition coefficient (Wildman–Crippen LogP) is 2.42. The summed E-state index contributed by atoms with van der Waals surface area (Å²) < 4.78 is 0. The minimum absolute atomic E-state index is 0.0708. The Bertz CT molecular complexity index is 657. The van der Waals surface area contributed by atoms with Crippen molar-refractivity contribution in [3.63, 3.8) is 0 Å². The van der Waals surface area contributed by atoms with Gasteiger partial charge in [0.1, 0.15) is 0 Å². The molecule has 1 heterocycles. The number of carbonyl (C=O) groups excluding carboxylic acids is 1. The maximum Gasteiger partial charge on any atom is 0.256 e. The summed E-state index contributed by atoms with van der Waals surface area (Å²) in [6.45, 7) is 0.379. The molecule has 0 saturated carbocycles. The fourth-order valence-corrected chi connectivity index (χ4v) is 2.44. The molecule has 2 aromatic rings. The lowest BCUT2D eigenvalue weighted by Gasteiger charge is -2.13. The van der Waals surface area contributed by atoms with Gasteiger partial charge >= 0.3 is 0 Å². The third-order valence-corrected chi connectivity index (χ3v) is 3.60. The first-order valence-corrected chi connectivity index (χ1v) is 6.59. The fraction of sp³-hybridized carbons (Fsp3) is 0.214. The molecule has 3 N–H and O–H groups in total. The van der Waals surface area contributed by atoms with Crippen molar-refractivity contribution < 1.29 is 9.90 Å². The Hall–Kier alpha value is -1.78. The quantitative estimate of drug-likeness (QED) is 0.752. The Balaban J connectivity index is 2.04. The first-order valence-electron chi connectivity index (χ1n) is 6.05. The van der Waals surface area contributed by atoms with Crippen LogP contribution in [0.2, 0.25) is 0 Å². The third-order valence-electron chi connectivity index (χ3n) is 3.24. The molecule has 4 nitrogen and oxygen atoms in total. The van der Waals surface area contributed by atoms with Crippen molar-refractivity contribution in [3.8, 4) is 0 Å². The summed E-state index contributed by atoms with van der Waals surface area (Å²) in [5, 5.41) is 17.4. The smallest absolute Gasteiger partial charge is 0.256 e. The van der Waals surface area contributed by atoms with Gasteiger partial charge in [0.2, 0.25) is 0 Å². The molecular formula is C14H13ClN2O2. The normalized spacial score (nSPS) is 14.5. The van der Waals surface area contributed by atoms with Crippen molar-refractivity contribution in [2.24, 2.45) is 0 Å². The van der Waals surface area contributed by atoms with Gasteiger partial charge in [-0.15, -0.1) is 11.6 Å². The van der Waals surface area contributed by atoms with Gasteiger partial charge in [-0.3, -0.25) is 4.79 Å². The number of hydrogen-bond acceptors (Lipinski definition) is 3. The summed E-state index contributed by atoms with van der Waals surface area (Å²) in [6.07, 6.45) is -0.593. The Morgan fingerprint density at radius 1 is 1.32 bits per heavy atom. The van der Waals surface area contributed by atoms with Crippen LogP contribution < -0.4 is 10.6 Å². The second-order valence-corrected chi connectivity index (χ2v) is 4.84. The monoisotopic (exact) mass is 276 g/mol. The molecule has 2 aromatic carbocycles. The van der Waals surface area contributed by atoms with Crippen molar-refractivity contribution in [1.29, 1.82) is 0 Å². The van der Waals surface area contributed by atoms with Crippen LogP contribution in [0.4, 0.5) is 11.4 Å². The van der Waals surface area contributed by atoms with Gasteiger partial charge in [-0.1, -0.05) is 12.1 Å². The molecule has 3 rings (SSSR count). The molecule has 0 bridgehead atoms. The maximum atomic E-state index is 11.8. The van der Waals surface area contributed by atoms with Crippen LogP contribution in [-0.4, -0.2) is 29.5 Å². The molecule has 98 valence electrons. The lowest BCUT2D eigenvalue weighted by Crippen LogP contribution is -2.20. The van der Waals surface area contributed by atoms with Gasteiger partial charge in [-0.25, -0.2) is 0 Å². The van der Waals surface area contributed by atoms with Crippen LogP contribution in [0.5, 0.6) is 0 Å². The number of halogens is 1. The lowest BCUT2D eigenvalue weighted by atomic mass is 10.0. The average Bonchev–Trinajstić information content (AvgIpc) is 2.76. The van der Waals surface area contributed by atoms with E-state index in [1.165, 1.54) is 0 Å².